The van der Waals surface area contributed by atoms with Crippen molar-refractivity contribution in [2.24, 2.45) is 10.4 Å². The van der Waals surface area contributed by atoms with Gasteiger partial charge in [0, 0.05) is 31.8 Å². The first-order valence-electron chi connectivity index (χ1n) is 17.8. The molecule has 3 N–H and O–H groups in total. The number of carbonyl (C=O) groups excluding carboxylic acids is 1. The number of hydrogen-bond acceptors (Lipinski definition) is 9. The third kappa shape index (κ3) is 8.68. The molecular formula is C37H51N11O2. The van der Waals surface area contributed by atoms with Gasteiger partial charge in [0.25, 0.3) is 0 Å². The Bertz CT molecular complexity index is 1810. The van der Waals surface area contributed by atoms with Gasteiger partial charge in [-0.05, 0) is 87.8 Å². The fourth-order valence-corrected chi connectivity index (χ4v) is 6.53. The summed E-state index contributed by atoms with van der Waals surface area (Å²) in [6, 6.07) is 11.5. The third-order valence-corrected chi connectivity index (χ3v) is 9.40. The fraction of sp³-hybridized carbons (Fsp3) is 0.514. The largest absolute Gasteiger partial charge is 0.484 e. The van der Waals surface area contributed by atoms with Crippen molar-refractivity contribution in [1.29, 1.82) is 5.41 Å². The zero-order valence-corrected chi connectivity index (χ0v) is 30.0. The standard InChI is InChI=1S/C37H51N11O2/c1-37(2,3)32(38)22-33(40-26-23-39-47(24-26)21-11-18-45(4)5)42-35(49)41-30-15-16-31(29-13-8-7-12-28(29)30)50-27-14-17-34-43-44-36(48(34)25-27)46-19-9-6-10-20-46/h7-8,12-14,17,23-25,30-31,38H,6,9-11,15-16,18-22H2,1-5H3,(H2,40,41,42,49). The van der Waals surface area contributed by atoms with Crippen molar-refractivity contribution in [3.63, 3.8) is 0 Å². The summed E-state index contributed by atoms with van der Waals surface area (Å²) in [5, 5.41) is 28.2. The van der Waals surface area contributed by atoms with Crippen LogP contribution in [-0.4, -0.2) is 80.6 Å². The second-order valence-electron chi connectivity index (χ2n) is 14.7. The molecule has 1 aromatic carbocycles. The Balaban J connectivity index is 1.14. The van der Waals surface area contributed by atoms with Crippen molar-refractivity contribution in [1.82, 2.24) is 39.9 Å². The lowest BCUT2D eigenvalue weighted by Crippen LogP contribution is -2.43. The van der Waals surface area contributed by atoms with Gasteiger partial charge >= 0.3 is 6.03 Å². The number of amides is 2. The van der Waals surface area contributed by atoms with Gasteiger partial charge in [-0.25, -0.2) is 9.79 Å². The molecule has 0 spiro atoms. The maximum Gasteiger partial charge on any atom is 0.320 e. The van der Waals surface area contributed by atoms with Crippen LogP contribution in [0, 0.1) is 10.8 Å². The molecule has 2 unspecified atom stereocenters. The van der Waals surface area contributed by atoms with E-state index < -0.39 is 0 Å². The van der Waals surface area contributed by atoms with E-state index in [1.54, 1.807) is 6.20 Å². The number of rotatable bonds is 11. The lowest BCUT2D eigenvalue weighted by Gasteiger charge is -2.32. The topological polar surface area (TPSA) is 141 Å². The molecule has 1 fully saturated rings. The summed E-state index contributed by atoms with van der Waals surface area (Å²) < 4.78 is 10.5. The number of aryl methyl sites for hydroxylation is 1. The predicted octanol–water partition coefficient (Wildman–Crippen LogP) is 6.31. The van der Waals surface area contributed by atoms with E-state index >= 15 is 0 Å². The minimum atomic E-state index is -0.360. The number of anilines is 1. The number of amidine groups is 1. The Hall–Kier alpha value is -4.78. The van der Waals surface area contributed by atoms with Gasteiger partial charge in [0.1, 0.15) is 23.4 Å². The van der Waals surface area contributed by atoms with Crippen LogP contribution in [0.4, 0.5) is 16.4 Å². The Labute approximate surface area is 294 Å². The first kappa shape index (κ1) is 35.1. The Morgan fingerprint density at radius 1 is 1.04 bits per heavy atom. The summed E-state index contributed by atoms with van der Waals surface area (Å²) in [5.41, 5.74) is 3.63. The van der Waals surface area contributed by atoms with Crippen molar-refractivity contribution < 1.29 is 9.53 Å². The van der Waals surface area contributed by atoms with E-state index in [1.807, 2.05) is 66.5 Å². The summed E-state index contributed by atoms with van der Waals surface area (Å²) in [6.07, 6.45) is 11.6. The van der Waals surface area contributed by atoms with Crippen LogP contribution in [0.2, 0.25) is 0 Å². The van der Waals surface area contributed by atoms with Gasteiger partial charge < -0.3 is 25.3 Å². The van der Waals surface area contributed by atoms with Gasteiger partial charge in [0.2, 0.25) is 5.95 Å². The number of carbonyl (C=O) groups is 1. The Morgan fingerprint density at radius 3 is 2.58 bits per heavy atom. The molecule has 6 rings (SSSR count). The zero-order valence-electron chi connectivity index (χ0n) is 30.0. The molecule has 13 nitrogen and oxygen atoms in total. The van der Waals surface area contributed by atoms with E-state index in [-0.39, 0.29) is 30.0 Å². The quantitative estimate of drug-likeness (QED) is 0.125. The van der Waals surface area contributed by atoms with Crippen LogP contribution in [0.25, 0.3) is 5.65 Å². The van der Waals surface area contributed by atoms with Gasteiger partial charge in [0.15, 0.2) is 5.65 Å². The molecule has 1 saturated heterocycles. The van der Waals surface area contributed by atoms with E-state index in [9.17, 15) is 4.79 Å². The molecule has 50 heavy (non-hydrogen) atoms. The van der Waals surface area contributed by atoms with Crippen LogP contribution >= 0.6 is 0 Å². The molecule has 13 heteroatoms. The van der Waals surface area contributed by atoms with Crippen molar-refractivity contribution in [2.75, 3.05) is 38.6 Å². The van der Waals surface area contributed by atoms with Crippen LogP contribution in [0.1, 0.15) is 89.0 Å². The highest BCUT2D eigenvalue weighted by Crippen LogP contribution is 2.39. The molecular weight excluding hydrogens is 630 g/mol. The molecule has 2 amide bonds. The maximum atomic E-state index is 13.5. The molecule has 2 aliphatic rings. The summed E-state index contributed by atoms with van der Waals surface area (Å²) >= 11 is 0. The summed E-state index contributed by atoms with van der Waals surface area (Å²) in [5.74, 6) is 2.02. The van der Waals surface area contributed by atoms with Crippen molar-refractivity contribution >= 4 is 34.9 Å². The molecule has 4 aromatic rings. The Kier molecular flexibility index (Phi) is 10.8. The summed E-state index contributed by atoms with van der Waals surface area (Å²) in [7, 11) is 4.10. The second-order valence-corrected chi connectivity index (χ2v) is 14.7. The lowest BCUT2D eigenvalue weighted by molar-refractivity contribution is 0.171. The predicted molar refractivity (Wildman–Crippen MR) is 197 cm³/mol. The number of aromatic nitrogens is 5. The second kappa shape index (κ2) is 15.4. The number of nitrogens with zero attached hydrogens (tertiary/aromatic N) is 8. The first-order chi connectivity index (χ1) is 24.0. The molecule has 0 radical (unpaired) electrons. The molecule has 1 aliphatic carbocycles. The fourth-order valence-electron chi connectivity index (χ4n) is 6.53. The van der Waals surface area contributed by atoms with E-state index in [0.717, 1.165) is 80.3 Å². The smallest absolute Gasteiger partial charge is 0.320 e. The first-order valence-corrected chi connectivity index (χ1v) is 17.8. The monoisotopic (exact) mass is 681 g/mol. The number of aliphatic imine (C=N–C) groups is 1. The van der Waals surface area contributed by atoms with Gasteiger partial charge in [-0.1, -0.05) is 45.0 Å². The SMILES string of the molecule is CN(C)CCCn1cc(N=C(CC(=N)C(C)(C)C)NC(=O)NC2CCC(Oc3ccc4nnc(N5CCCCC5)n4c3)c3ccccc32)cn1. The van der Waals surface area contributed by atoms with E-state index in [1.165, 1.54) is 6.42 Å². The number of ether oxygens (including phenoxy) is 1. The van der Waals surface area contributed by atoms with Gasteiger partial charge in [-0.3, -0.25) is 14.4 Å². The minimum Gasteiger partial charge on any atom is -0.484 e. The highest BCUT2D eigenvalue weighted by Gasteiger charge is 2.30. The molecule has 2 atom stereocenters. The highest BCUT2D eigenvalue weighted by molar-refractivity contribution is 6.09. The van der Waals surface area contributed by atoms with Gasteiger partial charge in [-0.2, -0.15) is 5.10 Å². The minimum absolute atomic E-state index is 0.168. The van der Waals surface area contributed by atoms with Crippen LogP contribution < -0.4 is 20.3 Å². The van der Waals surface area contributed by atoms with Crippen molar-refractivity contribution in [3.8, 4) is 5.75 Å². The number of benzene rings is 1. The Morgan fingerprint density at radius 2 is 1.82 bits per heavy atom. The number of hydrogen-bond donors (Lipinski definition) is 3. The van der Waals surface area contributed by atoms with Crippen LogP contribution in [0.5, 0.6) is 5.75 Å². The van der Waals surface area contributed by atoms with E-state index in [4.69, 9.17) is 15.1 Å². The normalized spacial score (nSPS) is 18.3. The number of urea groups is 1. The number of fused-ring (bicyclic) bond motifs is 2. The van der Waals surface area contributed by atoms with Crippen LogP contribution in [-0.2, 0) is 6.54 Å². The van der Waals surface area contributed by atoms with Crippen molar-refractivity contribution in [3.05, 3.63) is 66.1 Å². The average Bonchev–Trinajstić information content (AvgIpc) is 3.72. The zero-order chi connectivity index (χ0) is 35.3. The molecule has 0 bridgehead atoms. The van der Waals surface area contributed by atoms with Crippen LogP contribution in [0.15, 0.2) is 60.0 Å². The van der Waals surface area contributed by atoms with Gasteiger partial charge in [-0.15, -0.1) is 10.2 Å². The molecule has 1 aliphatic heterocycles. The number of piperidine rings is 1. The van der Waals surface area contributed by atoms with E-state index in [0.29, 0.717) is 23.7 Å². The maximum absolute atomic E-state index is 13.5. The lowest BCUT2D eigenvalue weighted by atomic mass is 9.85. The van der Waals surface area contributed by atoms with Crippen molar-refractivity contribution in [2.45, 2.75) is 84.4 Å². The molecule has 0 saturated carbocycles. The number of nitrogens with one attached hydrogen (secondary N) is 3. The number of pyridine rings is 1. The van der Waals surface area contributed by atoms with Gasteiger partial charge in [0.05, 0.1) is 24.6 Å². The van der Waals surface area contributed by atoms with E-state index in [2.05, 4.69) is 62.0 Å². The summed E-state index contributed by atoms with van der Waals surface area (Å²) in [4.78, 5) is 22.7. The molecule has 3 aromatic heterocycles. The average molecular weight is 682 g/mol. The van der Waals surface area contributed by atoms with Crippen LogP contribution in [0.3, 0.4) is 0 Å². The molecule has 4 heterocycles. The molecule has 266 valence electrons. The third-order valence-electron chi connectivity index (χ3n) is 9.40. The summed E-state index contributed by atoms with van der Waals surface area (Å²) in [6.45, 7) is 9.68. The highest BCUT2D eigenvalue weighted by atomic mass is 16.5.